The van der Waals surface area contributed by atoms with Crippen molar-refractivity contribution < 1.29 is 14.2 Å². The molecule has 0 spiro atoms. The molecule has 4 heteroatoms. The first-order valence-electron chi connectivity index (χ1n) is 5.86. The van der Waals surface area contributed by atoms with E-state index in [1.165, 1.54) is 0 Å². The maximum atomic E-state index is 5.46. The lowest BCUT2D eigenvalue weighted by molar-refractivity contribution is 0.0881. The van der Waals surface area contributed by atoms with Gasteiger partial charge >= 0.3 is 0 Å². The van der Waals surface area contributed by atoms with Gasteiger partial charge in [-0.3, -0.25) is 0 Å². The fraction of sp³-hybridized carbons (Fsp3) is 0.538. The summed E-state index contributed by atoms with van der Waals surface area (Å²) < 4.78 is 16.1. The van der Waals surface area contributed by atoms with Crippen molar-refractivity contribution >= 4 is 0 Å². The van der Waals surface area contributed by atoms with Gasteiger partial charge in [0, 0.05) is 25.3 Å². The summed E-state index contributed by atoms with van der Waals surface area (Å²) in [6.07, 6.45) is 0.184. The normalized spacial score (nSPS) is 16.9. The topological polar surface area (TPSA) is 39.7 Å². The van der Waals surface area contributed by atoms with Crippen molar-refractivity contribution in [1.29, 1.82) is 0 Å². The van der Waals surface area contributed by atoms with Crippen molar-refractivity contribution in [2.45, 2.75) is 32.5 Å². The monoisotopic (exact) mass is 237 g/mol. The molecule has 2 atom stereocenters. The smallest absolute Gasteiger partial charge is 0.231 e. The van der Waals surface area contributed by atoms with Gasteiger partial charge in [-0.2, -0.15) is 0 Å². The van der Waals surface area contributed by atoms with E-state index in [1.54, 1.807) is 7.11 Å². The number of nitrogens with one attached hydrogen (secondary N) is 1. The van der Waals surface area contributed by atoms with Crippen LogP contribution < -0.4 is 14.8 Å². The first-order valence-corrected chi connectivity index (χ1v) is 5.86. The molecule has 0 amide bonds. The maximum Gasteiger partial charge on any atom is 0.231 e. The second kappa shape index (κ2) is 5.38. The van der Waals surface area contributed by atoms with Crippen LogP contribution >= 0.6 is 0 Å². The molecule has 0 saturated carbocycles. The zero-order valence-electron chi connectivity index (χ0n) is 10.5. The number of hydrogen-bond donors (Lipinski definition) is 1. The summed E-state index contributed by atoms with van der Waals surface area (Å²) in [5, 5.41) is 3.42. The second-order valence-corrected chi connectivity index (χ2v) is 4.26. The average molecular weight is 237 g/mol. The molecule has 1 aromatic rings. The van der Waals surface area contributed by atoms with Crippen molar-refractivity contribution in [2.75, 3.05) is 13.9 Å². The third kappa shape index (κ3) is 2.70. The van der Waals surface area contributed by atoms with E-state index in [0.29, 0.717) is 6.79 Å². The Hall–Kier alpha value is -1.26. The molecule has 94 valence electrons. The van der Waals surface area contributed by atoms with Gasteiger partial charge in [-0.05, 0) is 19.9 Å². The first kappa shape index (κ1) is 12.2. The molecule has 1 aliphatic heterocycles. The van der Waals surface area contributed by atoms with E-state index in [0.717, 1.165) is 23.6 Å². The molecule has 1 N–H and O–H groups in total. The SMILES string of the molecule is COC(C)C(C)NCc1cccc2c1OCO2. The molecule has 1 aromatic carbocycles. The summed E-state index contributed by atoms with van der Waals surface area (Å²) in [6.45, 7) is 5.22. The van der Waals surface area contributed by atoms with Crippen LogP contribution in [0, 0.1) is 0 Å². The van der Waals surface area contributed by atoms with E-state index >= 15 is 0 Å². The van der Waals surface area contributed by atoms with Crippen molar-refractivity contribution in [3.05, 3.63) is 23.8 Å². The standard InChI is InChI=1S/C13H19NO3/c1-9(10(2)15-3)14-7-11-5-4-6-12-13(11)17-8-16-12/h4-6,9-10,14H,7-8H2,1-3H3. The third-order valence-electron chi connectivity index (χ3n) is 3.17. The molecule has 2 unspecified atom stereocenters. The number of benzene rings is 1. The lowest BCUT2D eigenvalue weighted by Gasteiger charge is -2.20. The predicted octanol–water partition coefficient (Wildman–Crippen LogP) is 1.93. The van der Waals surface area contributed by atoms with Gasteiger partial charge in [0.05, 0.1) is 6.10 Å². The Morgan fingerprint density at radius 3 is 2.94 bits per heavy atom. The molecule has 0 radical (unpaired) electrons. The van der Waals surface area contributed by atoms with Crippen LogP contribution in [0.2, 0.25) is 0 Å². The molecule has 1 aliphatic rings. The first-order chi connectivity index (χ1) is 8.22. The highest BCUT2D eigenvalue weighted by molar-refractivity contribution is 5.48. The van der Waals surface area contributed by atoms with Crippen molar-refractivity contribution in [1.82, 2.24) is 5.32 Å². The highest BCUT2D eigenvalue weighted by Gasteiger charge is 2.18. The second-order valence-electron chi connectivity index (χ2n) is 4.26. The number of para-hydroxylation sites is 1. The summed E-state index contributed by atoms with van der Waals surface area (Å²) in [4.78, 5) is 0. The molecular formula is C13H19NO3. The molecule has 17 heavy (non-hydrogen) atoms. The number of hydrogen-bond acceptors (Lipinski definition) is 4. The van der Waals surface area contributed by atoms with Crippen LogP contribution in [-0.4, -0.2) is 26.0 Å². The molecule has 0 bridgehead atoms. The summed E-state index contributed by atoms with van der Waals surface area (Å²) in [7, 11) is 1.72. The molecule has 4 nitrogen and oxygen atoms in total. The molecule has 1 heterocycles. The van der Waals surface area contributed by atoms with E-state index in [2.05, 4.69) is 12.2 Å². The van der Waals surface area contributed by atoms with Crippen LogP contribution in [-0.2, 0) is 11.3 Å². The van der Waals surface area contributed by atoms with Crippen LogP contribution in [0.5, 0.6) is 11.5 Å². The number of methoxy groups -OCH3 is 1. The van der Waals surface area contributed by atoms with Crippen LogP contribution in [0.4, 0.5) is 0 Å². The van der Waals surface area contributed by atoms with Crippen LogP contribution in [0.3, 0.4) is 0 Å². The highest BCUT2D eigenvalue weighted by Crippen LogP contribution is 2.35. The number of rotatable bonds is 5. The summed E-state index contributed by atoms with van der Waals surface area (Å²) in [5.74, 6) is 1.69. The Labute approximate surface area is 102 Å². The van der Waals surface area contributed by atoms with E-state index in [9.17, 15) is 0 Å². The van der Waals surface area contributed by atoms with Gasteiger partial charge < -0.3 is 19.5 Å². The minimum absolute atomic E-state index is 0.184. The summed E-state index contributed by atoms with van der Waals surface area (Å²) in [6, 6.07) is 6.24. The molecule has 0 saturated heterocycles. The van der Waals surface area contributed by atoms with E-state index in [1.807, 2.05) is 25.1 Å². The molecule has 0 aliphatic carbocycles. The van der Waals surface area contributed by atoms with Crippen LogP contribution in [0.15, 0.2) is 18.2 Å². The Balaban J connectivity index is 1.98. The zero-order chi connectivity index (χ0) is 12.3. The Morgan fingerprint density at radius 2 is 2.18 bits per heavy atom. The van der Waals surface area contributed by atoms with E-state index < -0.39 is 0 Å². The van der Waals surface area contributed by atoms with Gasteiger partial charge in [0.1, 0.15) is 0 Å². The van der Waals surface area contributed by atoms with Gasteiger partial charge in [0.15, 0.2) is 11.5 Å². The van der Waals surface area contributed by atoms with Gasteiger partial charge in [0.25, 0.3) is 0 Å². The highest BCUT2D eigenvalue weighted by atomic mass is 16.7. The zero-order valence-corrected chi connectivity index (χ0v) is 10.5. The largest absolute Gasteiger partial charge is 0.454 e. The summed E-state index contributed by atoms with van der Waals surface area (Å²) in [5.41, 5.74) is 1.12. The summed E-state index contributed by atoms with van der Waals surface area (Å²) >= 11 is 0. The maximum absolute atomic E-state index is 5.46. The Kier molecular flexibility index (Phi) is 3.86. The molecule has 2 rings (SSSR count). The van der Waals surface area contributed by atoms with Gasteiger partial charge in [-0.15, -0.1) is 0 Å². The van der Waals surface area contributed by atoms with Crippen LogP contribution in [0.1, 0.15) is 19.4 Å². The van der Waals surface area contributed by atoms with E-state index in [-0.39, 0.29) is 12.1 Å². The number of ether oxygens (including phenoxy) is 3. The molecule has 0 aromatic heterocycles. The quantitative estimate of drug-likeness (QED) is 0.849. The van der Waals surface area contributed by atoms with Crippen LogP contribution in [0.25, 0.3) is 0 Å². The third-order valence-corrected chi connectivity index (χ3v) is 3.17. The fourth-order valence-electron chi connectivity index (χ4n) is 1.77. The number of fused-ring (bicyclic) bond motifs is 1. The minimum Gasteiger partial charge on any atom is -0.454 e. The Bertz CT molecular complexity index is 381. The predicted molar refractivity (Wildman–Crippen MR) is 65.3 cm³/mol. The van der Waals surface area contributed by atoms with Gasteiger partial charge in [-0.25, -0.2) is 0 Å². The lowest BCUT2D eigenvalue weighted by atomic mass is 10.1. The fourth-order valence-corrected chi connectivity index (χ4v) is 1.77. The van der Waals surface area contributed by atoms with Gasteiger partial charge in [0.2, 0.25) is 6.79 Å². The van der Waals surface area contributed by atoms with Crippen molar-refractivity contribution in [3.63, 3.8) is 0 Å². The molecule has 0 fully saturated rings. The van der Waals surface area contributed by atoms with Gasteiger partial charge in [-0.1, -0.05) is 12.1 Å². The average Bonchev–Trinajstić information content (AvgIpc) is 2.83. The van der Waals surface area contributed by atoms with E-state index in [4.69, 9.17) is 14.2 Å². The minimum atomic E-state index is 0.184. The van der Waals surface area contributed by atoms with Crippen molar-refractivity contribution in [2.24, 2.45) is 0 Å². The lowest BCUT2D eigenvalue weighted by Crippen LogP contribution is -2.36. The molecular weight excluding hydrogens is 218 g/mol. The Morgan fingerprint density at radius 1 is 1.35 bits per heavy atom. The van der Waals surface area contributed by atoms with Crippen molar-refractivity contribution in [3.8, 4) is 11.5 Å².